The van der Waals surface area contributed by atoms with Crippen LogP contribution in [0.25, 0.3) is 0 Å². The van der Waals surface area contributed by atoms with E-state index in [9.17, 15) is 5.11 Å². The molecule has 2 atom stereocenters. The quantitative estimate of drug-likeness (QED) is 0.766. The summed E-state index contributed by atoms with van der Waals surface area (Å²) in [6.07, 6.45) is -0.521. The van der Waals surface area contributed by atoms with Gasteiger partial charge in [0, 0.05) is 31.8 Å². The Morgan fingerprint density at radius 1 is 1.33 bits per heavy atom. The molecular weight excluding hydrogens is 298 g/mol. The second-order valence-corrected chi connectivity index (χ2v) is 4.96. The van der Waals surface area contributed by atoms with Crippen LogP contribution in [0, 0.1) is 0 Å². The summed E-state index contributed by atoms with van der Waals surface area (Å²) in [4.78, 5) is 0. The molecular formula is C13H20BrNO3. The molecule has 0 fully saturated rings. The van der Waals surface area contributed by atoms with Crippen LogP contribution in [0.1, 0.15) is 11.7 Å². The standard InChI is InChI=1S/C13H20BrNO3/c1-17-9-12(18-2)7-15-8-13(16)10-4-3-5-11(14)6-10/h3-6,12-13,15-16H,7-9H2,1-2H3. The first kappa shape index (κ1) is 15.6. The molecule has 0 aliphatic heterocycles. The van der Waals surface area contributed by atoms with Crippen LogP contribution in [0.3, 0.4) is 0 Å². The van der Waals surface area contributed by atoms with Crippen molar-refractivity contribution in [3.05, 3.63) is 34.3 Å². The molecule has 0 amide bonds. The molecule has 0 aliphatic rings. The van der Waals surface area contributed by atoms with Crippen molar-refractivity contribution in [2.45, 2.75) is 12.2 Å². The molecule has 0 aromatic heterocycles. The van der Waals surface area contributed by atoms with E-state index in [2.05, 4.69) is 21.2 Å². The lowest BCUT2D eigenvalue weighted by atomic mass is 10.1. The third-order valence-electron chi connectivity index (χ3n) is 2.63. The Bertz CT molecular complexity index is 349. The summed E-state index contributed by atoms with van der Waals surface area (Å²) in [7, 11) is 3.29. The summed E-state index contributed by atoms with van der Waals surface area (Å²) in [5.41, 5.74) is 0.887. The number of ether oxygens (including phenoxy) is 2. The fraction of sp³-hybridized carbons (Fsp3) is 0.538. The summed E-state index contributed by atoms with van der Waals surface area (Å²) in [6, 6.07) is 7.66. The normalized spacial score (nSPS) is 14.4. The molecule has 0 aliphatic carbocycles. The van der Waals surface area contributed by atoms with E-state index in [0.717, 1.165) is 10.0 Å². The van der Waals surface area contributed by atoms with Crippen LogP contribution in [0.15, 0.2) is 28.7 Å². The monoisotopic (exact) mass is 317 g/mol. The zero-order valence-corrected chi connectivity index (χ0v) is 12.3. The van der Waals surface area contributed by atoms with Crippen molar-refractivity contribution in [3.8, 4) is 0 Å². The van der Waals surface area contributed by atoms with Gasteiger partial charge >= 0.3 is 0 Å². The average molecular weight is 318 g/mol. The molecule has 1 aromatic carbocycles. The van der Waals surface area contributed by atoms with Crippen LogP contribution < -0.4 is 5.32 Å². The van der Waals surface area contributed by atoms with Crippen LogP contribution in [-0.4, -0.2) is 45.1 Å². The van der Waals surface area contributed by atoms with Crippen LogP contribution in [-0.2, 0) is 9.47 Å². The molecule has 18 heavy (non-hydrogen) atoms. The van der Waals surface area contributed by atoms with Gasteiger partial charge in [-0.1, -0.05) is 28.1 Å². The number of benzene rings is 1. The zero-order chi connectivity index (χ0) is 13.4. The van der Waals surface area contributed by atoms with Crippen molar-refractivity contribution in [2.24, 2.45) is 0 Å². The maximum Gasteiger partial charge on any atom is 0.0928 e. The van der Waals surface area contributed by atoms with Crippen LogP contribution in [0.2, 0.25) is 0 Å². The SMILES string of the molecule is COCC(CNCC(O)c1cccc(Br)c1)OC. The summed E-state index contributed by atoms with van der Waals surface area (Å²) < 4.78 is 11.2. The van der Waals surface area contributed by atoms with Crippen molar-refractivity contribution in [1.82, 2.24) is 5.32 Å². The van der Waals surface area contributed by atoms with Gasteiger partial charge in [0.15, 0.2) is 0 Å². The first-order chi connectivity index (χ1) is 8.67. The molecule has 2 unspecified atom stereocenters. The van der Waals surface area contributed by atoms with E-state index in [4.69, 9.17) is 9.47 Å². The molecule has 1 aromatic rings. The van der Waals surface area contributed by atoms with E-state index in [1.165, 1.54) is 0 Å². The average Bonchev–Trinajstić information content (AvgIpc) is 2.37. The zero-order valence-electron chi connectivity index (χ0n) is 10.7. The molecule has 102 valence electrons. The van der Waals surface area contributed by atoms with Crippen LogP contribution in [0.4, 0.5) is 0 Å². The second-order valence-electron chi connectivity index (χ2n) is 4.04. The van der Waals surface area contributed by atoms with E-state index in [1.807, 2.05) is 24.3 Å². The first-order valence-electron chi connectivity index (χ1n) is 5.83. The number of rotatable bonds is 8. The summed E-state index contributed by atoms with van der Waals surface area (Å²) in [5, 5.41) is 13.2. The predicted octanol–water partition coefficient (Wildman–Crippen LogP) is 1.73. The number of nitrogens with one attached hydrogen (secondary N) is 1. The van der Waals surface area contributed by atoms with E-state index < -0.39 is 6.10 Å². The lowest BCUT2D eigenvalue weighted by Crippen LogP contribution is -2.34. The third kappa shape index (κ3) is 5.46. The minimum Gasteiger partial charge on any atom is -0.387 e. The molecule has 2 N–H and O–H groups in total. The molecule has 5 heteroatoms. The largest absolute Gasteiger partial charge is 0.387 e. The number of methoxy groups -OCH3 is 2. The maximum atomic E-state index is 10.0. The Labute approximate surface area is 116 Å². The highest BCUT2D eigenvalue weighted by Gasteiger charge is 2.10. The molecule has 0 spiro atoms. The highest BCUT2D eigenvalue weighted by atomic mass is 79.9. The molecule has 0 radical (unpaired) electrons. The van der Waals surface area contributed by atoms with E-state index in [-0.39, 0.29) is 6.10 Å². The van der Waals surface area contributed by atoms with E-state index in [1.54, 1.807) is 14.2 Å². The molecule has 0 heterocycles. The fourth-order valence-electron chi connectivity index (χ4n) is 1.61. The lowest BCUT2D eigenvalue weighted by Gasteiger charge is -2.17. The van der Waals surface area contributed by atoms with Gasteiger partial charge in [0.05, 0.1) is 18.8 Å². The van der Waals surface area contributed by atoms with Gasteiger partial charge in [-0.2, -0.15) is 0 Å². The van der Waals surface area contributed by atoms with Gasteiger partial charge in [-0.25, -0.2) is 0 Å². The molecule has 0 bridgehead atoms. The summed E-state index contributed by atoms with van der Waals surface area (Å²) in [6.45, 7) is 1.67. The van der Waals surface area contributed by atoms with Crippen molar-refractivity contribution < 1.29 is 14.6 Å². The van der Waals surface area contributed by atoms with Crippen LogP contribution in [0.5, 0.6) is 0 Å². The lowest BCUT2D eigenvalue weighted by molar-refractivity contribution is 0.0270. The third-order valence-corrected chi connectivity index (χ3v) is 3.12. The Morgan fingerprint density at radius 2 is 2.11 bits per heavy atom. The number of hydrogen-bond donors (Lipinski definition) is 2. The Morgan fingerprint density at radius 3 is 2.72 bits per heavy atom. The van der Waals surface area contributed by atoms with Crippen molar-refractivity contribution in [1.29, 1.82) is 0 Å². The van der Waals surface area contributed by atoms with Gasteiger partial charge < -0.3 is 19.9 Å². The van der Waals surface area contributed by atoms with E-state index in [0.29, 0.717) is 19.7 Å². The Balaban J connectivity index is 2.34. The van der Waals surface area contributed by atoms with Crippen molar-refractivity contribution in [2.75, 3.05) is 33.9 Å². The van der Waals surface area contributed by atoms with E-state index >= 15 is 0 Å². The fourth-order valence-corrected chi connectivity index (χ4v) is 2.03. The van der Waals surface area contributed by atoms with Crippen molar-refractivity contribution in [3.63, 3.8) is 0 Å². The number of halogens is 1. The highest BCUT2D eigenvalue weighted by molar-refractivity contribution is 9.10. The minimum atomic E-state index is -0.525. The first-order valence-corrected chi connectivity index (χ1v) is 6.62. The summed E-state index contributed by atoms with van der Waals surface area (Å²) >= 11 is 3.39. The molecule has 0 saturated heterocycles. The smallest absolute Gasteiger partial charge is 0.0928 e. The predicted molar refractivity (Wildman–Crippen MR) is 74.6 cm³/mol. The van der Waals surface area contributed by atoms with Crippen molar-refractivity contribution >= 4 is 15.9 Å². The van der Waals surface area contributed by atoms with Crippen LogP contribution >= 0.6 is 15.9 Å². The molecule has 1 rings (SSSR count). The van der Waals surface area contributed by atoms with Gasteiger partial charge in [0.1, 0.15) is 0 Å². The highest BCUT2D eigenvalue weighted by Crippen LogP contribution is 2.17. The van der Waals surface area contributed by atoms with Gasteiger partial charge in [0.2, 0.25) is 0 Å². The molecule has 4 nitrogen and oxygen atoms in total. The maximum absolute atomic E-state index is 10.0. The van der Waals surface area contributed by atoms with Gasteiger partial charge in [0.25, 0.3) is 0 Å². The number of aliphatic hydroxyl groups excluding tert-OH is 1. The van der Waals surface area contributed by atoms with Gasteiger partial charge in [-0.15, -0.1) is 0 Å². The minimum absolute atomic E-state index is 0.00436. The summed E-state index contributed by atoms with van der Waals surface area (Å²) in [5.74, 6) is 0. The molecule has 0 saturated carbocycles. The number of hydrogen-bond acceptors (Lipinski definition) is 4. The van der Waals surface area contributed by atoms with Gasteiger partial charge in [-0.05, 0) is 17.7 Å². The Hall–Kier alpha value is -0.460. The Kier molecular flexibility index (Phi) is 7.46. The second kappa shape index (κ2) is 8.61. The van der Waals surface area contributed by atoms with Gasteiger partial charge in [-0.3, -0.25) is 0 Å². The number of aliphatic hydroxyl groups is 1. The topological polar surface area (TPSA) is 50.7 Å².